The van der Waals surface area contributed by atoms with E-state index in [0.29, 0.717) is 6.42 Å². The molecule has 114 valence electrons. The molecule has 0 spiro atoms. The summed E-state index contributed by atoms with van der Waals surface area (Å²) in [5.74, 6) is -2.56. The van der Waals surface area contributed by atoms with Crippen LogP contribution in [0.2, 0.25) is 0 Å². The van der Waals surface area contributed by atoms with Gasteiger partial charge in [-0.1, -0.05) is 6.92 Å². The smallest absolute Gasteiger partial charge is 0.303 e. The number of amides is 1. The summed E-state index contributed by atoms with van der Waals surface area (Å²) in [7, 11) is 0. The highest BCUT2D eigenvalue weighted by Crippen LogP contribution is 2.19. The minimum absolute atomic E-state index is 0.0306. The van der Waals surface area contributed by atoms with Gasteiger partial charge in [0.25, 0.3) is 11.6 Å². The Balaban J connectivity index is 2.69. The molecule has 0 aliphatic rings. The fourth-order valence-electron chi connectivity index (χ4n) is 1.68. The van der Waals surface area contributed by atoms with E-state index in [9.17, 15) is 24.1 Å². The van der Waals surface area contributed by atoms with Gasteiger partial charge in [0, 0.05) is 19.0 Å². The maximum atomic E-state index is 13.1. The van der Waals surface area contributed by atoms with Gasteiger partial charge in [0.05, 0.1) is 4.92 Å². The van der Waals surface area contributed by atoms with Crippen molar-refractivity contribution in [3.8, 4) is 0 Å². The Morgan fingerprint density at radius 3 is 2.71 bits per heavy atom. The summed E-state index contributed by atoms with van der Waals surface area (Å²) in [6.45, 7) is 1.89. The number of nitrogens with one attached hydrogen (secondary N) is 1. The van der Waals surface area contributed by atoms with E-state index >= 15 is 0 Å². The number of carboxylic acids is 1. The standard InChI is InChI=1S/C13H15FN2O5/c1-8(2-5-12(17)18)7-15-13(19)10-6-9(14)3-4-11(10)16(20)21/h3-4,6,8H,2,5,7H2,1H3,(H,15,19)(H,17,18). The first-order chi connectivity index (χ1) is 9.81. The van der Waals surface area contributed by atoms with E-state index in [4.69, 9.17) is 5.11 Å². The molecule has 1 unspecified atom stereocenters. The summed E-state index contributed by atoms with van der Waals surface area (Å²) >= 11 is 0. The Kier molecular flexibility index (Phi) is 5.77. The van der Waals surface area contributed by atoms with Gasteiger partial charge < -0.3 is 10.4 Å². The predicted octanol–water partition coefficient (Wildman–Crippen LogP) is 1.96. The van der Waals surface area contributed by atoms with Gasteiger partial charge >= 0.3 is 5.97 Å². The molecule has 2 N–H and O–H groups in total. The average Bonchev–Trinajstić information content (AvgIpc) is 2.41. The molecule has 0 bridgehead atoms. The third-order valence-corrected chi connectivity index (χ3v) is 2.86. The van der Waals surface area contributed by atoms with Crippen molar-refractivity contribution in [3.05, 3.63) is 39.7 Å². The molecule has 0 aliphatic heterocycles. The van der Waals surface area contributed by atoms with Crippen molar-refractivity contribution < 1.29 is 24.0 Å². The fourth-order valence-corrected chi connectivity index (χ4v) is 1.68. The number of hydrogen-bond donors (Lipinski definition) is 2. The van der Waals surface area contributed by atoms with Crippen molar-refractivity contribution in [2.45, 2.75) is 19.8 Å². The number of aliphatic carboxylic acids is 1. The van der Waals surface area contributed by atoms with Crippen LogP contribution in [0.4, 0.5) is 10.1 Å². The predicted molar refractivity (Wildman–Crippen MR) is 71.4 cm³/mol. The van der Waals surface area contributed by atoms with Crippen LogP contribution in [-0.2, 0) is 4.79 Å². The third-order valence-electron chi connectivity index (χ3n) is 2.86. The van der Waals surface area contributed by atoms with Crippen molar-refractivity contribution >= 4 is 17.6 Å². The second kappa shape index (κ2) is 7.32. The van der Waals surface area contributed by atoms with Gasteiger partial charge in [-0.25, -0.2) is 4.39 Å². The SMILES string of the molecule is CC(CCC(=O)O)CNC(=O)c1cc(F)ccc1[N+](=O)[O-]. The molecule has 0 aromatic heterocycles. The molecule has 0 radical (unpaired) electrons. The van der Waals surface area contributed by atoms with Crippen LogP contribution < -0.4 is 5.32 Å². The Bertz CT molecular complexity index is 561. The molecular weight excluding hydrogens is 283 g/mol. The fraction of sp³-hybridized carbons (Fsp3) is 0.385. The van der Waals surface area contributed by atoms with E-state index < -0.39 is 28.3 Å². The monoisotopic (exact) mass is 298 g/mol. The zero-order valence-electron chi connectivity index (χ0n) is 11.3. The minimum Gasteiger partial charge on any atom is -0.481 e. The Hall–Kier alpha value is -2.51. The van der Waals surface area contributed by atoms with Gasteiger partial charge in [0.15, 0.2) is 0 Å². The molecule has 1 amide bonds. The molecule has 0 heterocycles. The number of hydrogen-bond acceptors (Lipinski definition) is 4. The first-order valence-electron chi connectivity index (χ1n) is 6.25. The Morgan fingerprint density at radius 2 is 2.14 bits per heavy atom. The molecule has 0 saturated carbocycles. The van der Waals surface area contributed by atoms with Crippen LogP contribution in [0.5, 0.6) is 0 Å². The highest BCUT2D eigenvalue weighted by Gasteiger charge is 2.21. The topological polar surface area (TPSA) is 110 Å². The van der Waals surface area contributed by atoms with E-state index in [0.717, 1.165) is 18.2 Å². The first kappa shape index (κ1) is 16.5. The lowest BCUT2D eigenvalue weighted by Gasteiger charge is -2.11. The van der Waals surface area contributed by atoms with Gasteiger partial charge in [0.2, 0.25) is 0 Å². The number of carbonyl (C=O) groups is 2. The molecule has 0 saturated heterocycles. The van der Waals surface area contributed by atoms with E-state index in [1.165, 1.54) is 0 Å². The summed E-state index contributed by atoms with van der Waals surface area (Å²) in [6.07, 6.45) is 0.331. The normalized spacial score (nSPS) is 11.7. The molecule has 0 aliphatic carbocycles. The maximum Gasteiger partial charge on any atom is 0.303 e. The van der Waals surface area contributed by atoms with Crippen molar-refractivity contribution in [2.75, 3.05) is 6.54 Å². The molecular formula is C13H15FN2O5. The summed E-state index contributed by atoms with van der Waals surface area (Å²) in [6, 6.07) is 2.64. The number of rotatable bonds is 7. The molecule has 7 nitrogen and oxygen atoms in total. The minimum atomic E-state index is -0.936. The van der Waals surface area contributed by atoms with E-state index in [1.54, 1.807) is 6.92 Å². The number of carboxylic acid groups (broad SMARTS) is 1. The van der Waals surface area contributed by atoms with Gasteiger partial charge in [-0.05, 0) is 24.5 Å². The zero-order chi connectivity index (χ0) is 16.0. The van der Waals surface area contributed by atoms with E-state index in [1.807, 2.05) is 0 Å². The lowest BCUT2D eigenvalue weighted by molar-refractivity contribution is -0.385. The number of carbonyl (C=O) groups excluding carboxylic acids is 1. The van der Waals surface area contributed by atoms with Crippen LogP contribution >= 0.6 is 0 Å². The van der Waals surface area contributed by atoms with Crippen molar-refractivity contribution in [1.82, 2.24) is 5.32 Å². The quantitative estimate of drug-likeness (QED) is 0.590. The Morgan fingerprint density at radius 1 is 1.48 bits per heavy atom. The van der Waals surface area contributed by atoms with Gasteiger partial charge in [-0.3, -0.25) is 19.7 Å². The third kappa shape index (κ3) is 5.17. The van der Waals surface area contributed by atoms with Crippen molar-refractivity contribution in [1.29, 1.82) is 0 Å². The molecule has 8 heteroatoms. The second-order valence-corrected chi connectivity index (χ2v) is 4.67. The van der Waals surface area contributed by atoms with Crippen molar-refractivity contribution in [3.63, 3.8) is 0 Å². The van der Waals surface area contributed by atoms with Crippen LogP contribution in [0.25, 0.3) is 0 Å². The highest BCUT2D eigenvalue weighted by atomic mass is 19.1. The molecule has 1 rings (SSSR count). The summed E-state index contributed by atoms with van der Waals surface area (Å²) in [4.78, 5) is 32.3. The Labute approximate surface area is 119 Å². The van der Waals surface area contributed by atoms with Crippen LogP contribution in [0, 0.1) is 21.8 Å². The van der Waals surface area contributed by atoms with E-state index in [2.05, 4.69) is 5.32 Å². The summed E-state index contributed by atoms with van der Waals surface area (Å²) in [5.41, 5.74) is -0.836. The maximum absolute atomic E-state index is 13.1. The van der Waals surface area contributed by atoms with Crippen LogP contribution in [-0.4, -0.2) is 28.5 Å². The number of halogens is 1. The van der Waals surface area contributed by atoms with Gasteiger partial charge in [-0.15, -0.1) is 0 Å². The van der Waals surface area contributed by atoms with E-state index in [-0.39, 0.29) is 24.4 Å². The van der Waals surface area contributed by atoms with Gasteiger partial charge in [0.1, 0.15) is 11.4 Å². The molecule has 1 aromatic rings. The number of nitro benzene ring substituents is 1. The lowest BCUT2D eigenvalue weighted by atomic mass is 10.1. The second-order valence-electron chi connectivity index (χ2n) is 4.67. The molecule has 1 atom stereocenters. The number of benzene rings is 1. The molecule has 21 heavy (non-hydrogen) atoms. The van der Waals surface area contributed by atoms with Crippen molar-refractivity contribution in [2.24, 2.45) is 5.92 Å². The van der Waals surface area contributed by atoms with Crippen LogP contribution in [0.1, 0.15) is 30.1 Å². The molecule has 0 fully saturated rings. The molecule has 1 aromatic carbocycles. The average molecular weight is 298 g/mol. The number of nitrogens with zero attached hydrogens (tertiary/aromatic N) is 1. The first-order valence-corrected chi connectivity index (χ1v) is 6.25. The highest BCUT2D eigenvalue weighted by molar-refractivity contribution is 5.98. The summed E-state index contributed by atoms with van der Waals surface area (Å²) < 4.78 is 13.1. The number of nitro groups is 1. The largest absolute Gasteiger partial charge is 0.481 e. The summed E-state index contributed by atoms with van der Waals surface area (Å²) in [5, 5.41) is 21.8. The van der Waals surface area contributed by atoms with Gasteiger partial charge in [-0.2, -0.15) is 0 Å². The lowest BCUT2D eigenvalue weighted by Crippen LogP contribution is -2.29. The zero-order valence-corrected chi connectivity index (χ0v) is 11.3. The van der Waals surface area contributed by atoms with Crippen LogP contribution in [0.15, 0.2) is 18.2 Å². The van der Waals surface area contributed by atoms with Crippen LogP contribution in [0.3, 0.4) is 0 Å².